The summed E-state index contributed by atoms with van der Waals surface area (Å²) in [7, 11) is -3.26. The van der Waals surface area contributed by atoms with Crippen molar-refractivity contribution in [3.05, 3.63) is 89.4 Å². The van der Waals surface area contributed by atoms with E-state index in [1.165, 1.54) is 12.1 Å². The third-order valence-corrected chi connectivity index (χ3v) is 4.84. The van der Waals surface area contributed by atoms with Gasteiger partial charge in [-0.1, -0.05) is 42.3 Å². The molecule has 0 atom stereocenters. The second-order valence-electron chi connectivity index (χ2n) is 6.41. The highest BCUT2D eigenvalue weighted by Gasteiger charge is 2.22. The third kappa shape index (κ3) is 4.90. The summed E-state index contributed by atoms with van der Waals surface area (Å²) in [6, 6.07) is 19.6. The summed E-state index contributed by atoms with van der Waals surface area (Å²) < 4.78 is 28.5. The van der Waals surface area contributed by atoms with E-state index in [-0.39, 0.29) is 23.2 Å². The summed E-state index contributed by atoms with van der Waals surface area (Å²) in [5.41, 5.74) is 2.22. The first kappa shape index (κ1) is 19.5. The van der Waals surface area contributed by atoms with Gasteiger partial charge in [0.05, 0.1) is 6.54 Å². The van der Waals surface area contributed by atoms with Crippen molar-refractivity contribution in [2.45, 2.75) is 12.3 Å². The third-order valence-electron chi connectivity index (χ3n) is 4.03. The lowest BCUT2D eigenvalue weighted by Gasteiger charge is -2.22. The Morgan fingerprint density at radius 1 is 1.07 bits per heavy atom. The molecule has 0 fully saturated rings. The molecule has 0 aliphatic heterocycles. The molecule has 3 rings (SSSR count). The van der Waals surface area contributed by atoms with Crippen molar-refractivity contribution in [2.24, 2.45) is 0 Å². The number of amides is 1. The van der Waals surface area contributed by atoms with Gasteiger partial charge in [-0.3, -0.25) is 4.79 Å². The Morgan fingerprint density at radius 3 is 2.50 bits per heavy atom. The zero-order valence-corrected chi connectivity index (χ0v) is 16.1. The van der Waals surface area contributed by atoms with Crippen LogP contribution in [-0.4, -0.2) is 20.6 Å². The molecule has 28 heavy (non-hydrogen) atoms. The number of rotatable bonds is 6. The van der Waals surface area contributed by atoms with E-state index in [4.69, 9.17) is 10.8 Å². The standard InChI is InChI=1S/C22H19NO4S/c1-3-17-10-7-11-19(14-17)23(15-18-8-5-4-6-9-18)22(24)21-13-12-20(27-21)16-28(2,25)26/h1,4-14H,15-16H2,2H3. The van der Waals surface area contributed by atoms with Crippen LogP contribution in [0.15, 0.2) is 71.1 Å². The molecule has 6 heteroatoms. The summed E-state index contributed by atoms with van der Waals surface area (Å²) in [6.07, 6.45) is 6.61. The van der Waals surface area contributed by atoms with Crippen LogP contribution in [-0.2, 0) is 22.1 Å². The van der Waals surface area contributed by atoms with Gasteiger partial charge in [-0.15, -0.1) is 6.42 Å². The molecule has 0 spiro atoms. The number of terminal acetylenes is 1. The van der Waals surface area contributed by atoms with Crippen LogP contribution in [0.3, 0.4) is 0 Å². The van der Waals surface area contributed by atoms with Gasteiger partial charge in [-0.05, 0) is 35.9 Å². The number of nitrogens with zero attached hydrogens (tertiary/aromatic N) is 1. The molecule has 0 N–H and O–H groups in total. The zero-order valence-electron chi connectivity index (χ0n) is 15.3. The van der Waals surface area contributed by atoms with E-state index < -0.39 is 9.84 Å². The molecule has 1 heterocycles. The Labute approximate surface area is 164 Å². The van der Waals surface area contributed by atoms with E-state index >= 15 is 0 Å². The monoisotopic (exact) mass is 393 g/mol. The van der Waals surface area contributed by atoms with Crippen LogP contribution >= 0.6 is 0 Å². The van der Waals surface area contributed by atoms with Gasteiger partial charge in [0.2, 0.25) is 0 Å². The summed E-state index contributed by atoms with van der Waals surface area (Å²) in [5, 5.41) is 0. The van der Waals surface area contributed by atoms with Gasteiger partial charge < -0.3 is 9.32 Å². The summed E-state index contributed by atoms with van der Waals surface area (Å²) in [5.74, 6) is 2.23. The van der Waals surface area contributed by atoms with Gasteiger partial charge in [-0.25, -0.2) is 8.42 Å². The van der Waals surface area contributed by atoms with Crippen LogP contribution in [0.25, 0.3) is 0 Å². The molecule has 0 aliphatic carbocycles. The molecule has 1 amide bonds. The SMILES string of the molecule is C#Cc1cccc(N(Cc2ccccc2)C(=O)c2ccc(CS(C)(=O)=O)o2)c1. The van der Waals surface area contributed by atoms with Crippen molar-refractivity contribution in [3.8, 4) is 12.3 Å². The van der Waals surface area contributed by atoms with Crippen LogP contribution in [0.1, 0.15) is 27.4 Å². The van der Waals surface area contributed by atoms with E-state index in [9.17, 15) is 13.2 Å². The molecule has 0 unspecified atom stereocenters. The number of hydrogen-bond donors (Lipinski definition) is 0. The molecular formula is C22H19NO4S. The van der Waals surface area contributed by atoms with E-state index in [0.717, 1.165) is 11.8 Å². The fourth-order valence-electron chi connectivity index (χ4n) is 2.77. The van der Waals surface area contributed by atoms with Crippen molar-refractivity contribution in [3.63, 3.8) is 0 Å². The quantitative estimate of drug-likeness (QED) is 0.600. The summed E-state index contributed by atoms with van der Waals surface area (Å²) in [4.78, 5) is 14.7. The largest absolute Gasteiger partial charge is 0.455 e. The minimum atomic E-state index is -3.26. The smallest absolute Gasteiger partial charge is 0.294 e. The van der Waals surface area contributed by atoms with Crippen LogP contribution in [0, 0.1) is 12.3 Å². The fraction of sp³-hybridized carbons (Fsp3) is 0.136. The molecule has 5 nitrogen and oxygen atoms in total. The number of benzene rings is 2. The Morgan fingerprint density at radius 2 is 1.82 bits per heavy atom. The number of furan rings is 1. The van der Waals surface area contributed by atoms with Gasteiger partial charge in [0, 0.05) is 17.5 Å². The minimum Gasteiger partial charge on any atom is -0.455 e. The van der Waals surface area contributed by atoms with Crippen molar-refractivity contribution in [1.82, 2.24) is 0 Å². The first-order chi connectivity index (χ1) is 13.4. The molecule has 142 valence electrons. The van der Waals surface area contributed by atoms with Gasteiger partial charge >= 0.3 is 0 Å². The van der Waals surface area contributed by atoms with Crippen LogP contribution in [0.4, 0.5) is 5.69 Å². The Hall–Kier alpha value is -3.30. The lowest BCUT2D eigenvalue weighted by Crippen LogP contribution is -2.30. The maximum absolute atomic E-state index is 13.2. The predicted molar refractivity (Wildman–Crippen MR) is 109 cm³/mol. The highest BCUT2D eigenvalue weighted by Crippen LogP contribution is 2.23. The first-order valence-corrected chi connectivity index (χ1v) is 10.6. The molecule has 0 saturated heterocycles. The van der Waals surface area contributed by atoms with Crippen molar-refractivity contribution in [1.29, 1.82) is 0 Å². The topological polar surface area (TPSA) is 67.6 Å². The molecule has 0 saturated carbocycles. The molecule has 3 aromatic rings. The second kappa shape index (κ2) is 8.15. The van der Waals surface area contributed by atoms with Crippen molar-refractivity contribution in [2.75, 3.05) is 11.2 Å². The predicted octanol–water partition coefficient (Wildman–Crippen LogP) is 3.65. The summed E-state index contributed by atoms with van der Waals surface area (Å²) in [6.45, 7) is 0.315. The number of anilines is 1. The minimum absolute atomic E-state index is 0.0701. The number of hydrogen-bond acceptors (Lipinski definition) is 4. The van der Waals surface area contributed by atoms with Crippen LogP contribution < -0.4 is 4.90 Å². The average Bonchev–Trinajstić information content (AvgIpc) is 3.13. The van der Waals surface area contributed by atoms with Crippen LogP contribution in [0.2, 0.25) is 0 Å². The molecule has 2 aromatic carbocycles. The number of carbonyl (C=O) groups is 1. The molecular weight excluding hydrogens is 374 g/mol. The Balaban J connectivity index is 1.96. The van der Waals surface area contributed by atoms with Gasteiger partial charge in [0.25, 0.3) is 5.91 Å². The average molecular weight is 393 g/mol. The Kier molecular flexibility index (Phi) is 5.67. The van der Waals surface area contributed by atoms with E-state index in [2.05, 4.69) is 5.92 Å². The maximum Gasteiger partial charge on any atom is 0.294 e. The molecule has 1 aromatic heterocycles. The second-order valence-corrected chi connectivity index (χ2v) is 8.55. The van der Waals surface area contributed by atoms with E-state index in [1.54, 1.807) is 29.2 Å². The fourth-order valence-corrected chi connectivity index (χ4v) is 3.44. The molecule has 0 bridgehead atoms. The van der Waals surface area contributed by atoms with E-state index in [0.29, 0.717) is 17.8 Å². The normalized spacial score (nSPS) is 11.0. The first-order valence-electron chi connectivity index (χ1n) is 8.54. The Bertz CT molecular complexity index is 1120. The van der Waals surface area contributed by atoms with E-state index in [1.807, 2.05) is 30.3 Å². The zero-order chi connectivity index (χ0) is 20.1. The van der Waals surface area contributed by atoms with Crippen molar-refractivity contribution >= 4 is 21.4 Å². The lowest BCUT2D eigenvalue weighted by molar-refractivity contribution is 0.0957. The van der Waals surface area contributed by atoms with Crippen LogP contribution in [0.5, 0.6) is 0 Å². The summed E-state index contributed by atoms with van der Waals surface area (Å²) >= 11 is 0. The van der Waals surface area contributed by atoms with Gasteiger partial charge in [-0.2, -0.15) is 0 Å². The highest BCUT2D eigenvalue weighted by atomic mass is 32.2. The lowest BCUT2D eigenvalue weighted by atomic mass is 10.1. The number of sulfone groups is 1. The number of carbonyl (C=O) groups excluding carboxylic acids is 1. The van der Waals surface area contributed by atoms with Crippen molar-refractivity contribution < 1.29 is 17.6 Å². The highest BCUT2D eigenvalue weighted by molar-refractivity contribution is 7.89. The maximum atomic E-state index is 13.2. The molecule has 0 aliphatic rings. The van der Waals surface area contributed by atoms with Gasteiger partial charge in [0.1, 0.15) is 11.5 Å². The molecule has 0 radical (unpaired) electrons. The van der Waals surface area contributed by atoms with Gasteiger partial charge in [0.15, 0.2) is 15.6 Å².